The van der Waals surface area contributed by atoms with Crippen LogP contribution in [0.5, 0.6) is 0 Å². The van der Waals surface area contributed by atoms with Crippen molar-refractivity contribution >= 4 is 31.6 Å². The Labute approximate surface area is 203 Å². The normalized spacial score (nSPS) is 19.0. The molecule has 1 aliphatic heterocycles. The van der Waals surface area contributed by atoms with Crippen LogP contribution in [0.1, 0.15) is 58.4 Å². The fourth-order valence-electron chi connectivity index (χ4n) is 4.20. The third-order valence-electron chi connectivity index (χ3n) is 6.42. The van der Waals surface area contributed by atoms with E-state index in [-0.39, 0.29) is 28.4 Å². The lowest BCUT2D eigenvalue weighted by Gasteiger charge is -2.34. The maximum atomic E-state index is 13.5. The maximum Gasteiger partial charge on any atom is 0.243 e. The molecule has 1 fully saturated rings. The van der Waals surface area contributed by atoms with Gasteiger partial charge in [-0.25, -0.2) is 16.8 Å². The molecule has 2 aromatic rings. The fourth-order valence-corrected chi connectivity index (χ4v) is 7.79. The summed E-state index contributed by atoms with van der Waals surface area (Å²) in [6.07, 6.45) is 4.14. The van der Waals surface area contributed by atoms with Crippen molar-refractivity contribution in [3.63, 3.8) is 0 Å². The molecular formula is C24H33ClN2O4S2. The van der Waals surface area contributed by atoms with Gasteiger partial charge in [-0.1, -0.05) is 44.0 Å². The average molecular weight is 513 g/mol. The van der Waals surface area contributed by atoms with E-state index in [1.165, 1.54) is 28.6 Å². The van der Waals surface area contributed by atoms with Crippen LogP contribution < -0.4 is 0 Å². The highest BCUT2D eigenvalue weighted by atomic mass is 35.5. The van der Waals surface area contributed by atoms with Gasteiger partial charge in [0.25, 0.3) is 0 Å². The predicted octanol–water partition coefficient (Wildman–Crippen LogP) is 5.28. The first-order chi connectivity index (χ1) is 15.6. The monoisotopic (exact) mass is 512 g/mol. The summed E-state index contributed by atoms with van der Waals surface area (Å²) in [6, 6.07) is 12.5. The second-order valence-corrected chi connectivity index (χ2v) is 12.8. The third-order valence-corrected chi connectivity index (χ3v) is 10.6. The summed E-state index contributed by atoms with van der Waals surface area (Å²) in [4.78, 5) is 0.219. The van der Waals surface area contributed by atoms with Gasteiger partial charge in [0.1, 0.15) is 0 Å². The lowest BCUT2D eigenvalue weighted by atomic mass is 10.0. The molecular weight excluding hydrogens is 480 g/mol. The van der Waals surface area contributed by atoms with Crippen LogP contribution >= 0.6 is 11.6 Å². The standard InChI is InChI=1S/C24H33ClN2O4S2/c1-4-19(3)27(18-20-9-11-21(25)12-10-20)33(30,31)24-15-13-23(14-16-24)32(28,29)26-17-7-6-8-22(26)5-2/h9-16,19,22H,4-8,17-18H2,1-3H3/t19-,22+/m1/s1. The molecule has 6 nitrogen and oxygen atoms in total. The van der Waals surface area contributed by atoms with Crippen LogP contribution in [0.25, 0.3) is 0 Å². The maximum absolute atomic E-state index is 13.5. The summed E-state index contributed by atoms with van der Waals surface area (Å²) in [5, 5.41) is 0.590. The van der Waals surface area contributed by atoms with Crippen molar-refractivity contribution in [3.05, 3.63) is 59.1 Å². The minimum atomic E-state index is -3.83. The topological polar surface area (TPSA) is 74.8 Å². The van der Waals surface area contributed by atoms with E-state index in [9.17, 15) is 16.8 Å². The zero-order valence-corrected chi connectivity index (χ0v) is 21.8. The van der Waals surface area contributed by atoms with Gasteiger partial charge in [0.2, 0.25) is 20.0 Å². The van der Waals surface area contributed by atoms with E-state index < -0.39 is 20.0 Å². The first-order valence-electron chi connectivity index (χ1n) is 11.5. The number of hydrogen-bond acceptors (Lipinski definition) is 4. The van der Waals surface area contributed by atoms with Crippen molar-refractivity contribution < 1.29 is 16.8 Å². The zero-order valence-electron chi connectivity index (χ0n) is 19.4. The van der Waals surface area contributed by atoms with E-state index >= 15 is 0 Å². The number of hydrogen-bond donors (Lipinski definition) is 0. The summed E-state index contributed by atoms with van der Waals surface area (Å²) in [7, 11) is -7.50. The third kappa shape index (κ3) is 5.80. The van der Waals surface area contributed by atoms with E-state index in [0.29, 0.717) is 18.0 Å². The van der Waals surface area contributed by atoms with Gasteiger partial charge < -0.3 is 0 Å². The Balaban J connectivity index is 1.90. The molecule has 0 unspecified atom stereocenters. The molecule has 3 rings (SSSR count). The minimum absolute atomic E-state index is 0.00701. The predicted molar refractivity (Wildman–Crippen MR) is 132 cm³/mol. The highest BCUT2D eigenvalue weighted by molar-refractivity contribution is 7.89. The van der Waals surface area contributed by atoms with Crippen molar-refractivity contribution in [1.82, 2.24) is 8.61 Å². The molecule has 0 spiro atoms. The molecule has 2 aromatic carbocycles. The highest BCUT2D eigenvalue weighted by Gasteiger charge is 2.33. The van der Waals surface area contributed by atoms with Gasteiger partial charge in [-0.15, -0.1) is 0 Å². The van der Waals surface area contributed by atoms with E-state index in [4.69, 9.17) is 11.6 Å². The SMILES string of the molecule is CC[C@H]1CCCCN1S(=O)(=O)c1ccc(S(=O)(=O)N(Cc2ccc(Cl)cc2)[C@H](C)CC)cc1. The molecule has 0 N–H and O–H groups in total. The van der Waals surface area contributed by atoms with Gasteiger partial charge >= 0.3 is 0 Å². The Kier molecular flexibility index (Phi) is 8.61. The number of sulfonamides is 2. The molecule has 182 valence electrons. The number of nitrogens with zero attached hydrogens (tertiary/aromatic N) is 2. The smallest absolute Gasteiger partial charge is 0.207 e. The molecule has 0 saturated carbocycles. The molecule has 33 heavy (non-hydrogen) atoms. The molecule has 9 heteroatoms. The Morgan fingerprint density at radius 2 is 1.58 bits per heavy atom. The van der Waals surface area contributed by atoms with Crippen LogP contribution in [0.4, 0.5) is 0 Å². The summed E-state index contributed by atoms with van der Waals surface area (Å²) < 4.78 is 56.5. The molecule has 0 aliphatic carbocycles. The van der Waals surface area contributed by atoms with Crippen LogP contribution in [0.2, 0.25) is 5.02 Å². The second kappa shape index (κ2) is 10.9. The lowest BCUT2D eigenvalue weighted by Crippen LogP contribution is -2.43. The number of halogens is 1. The fraction of sp³-hybridized carbons (Fsp3) is 0.500. The summed E-state index contributed by atoms with van der Waals surface area (Å²) in [5.74, 6) is 0. The van der Waals surface area contributed by atoms with Crippen molar-refractivity contribution in [3.8, 4) is 0 Å². The van der Waals surface area contributed by atoms with Gasteiger partial charge in [0, 0.05) is 30.2 Å². The number of piperidine rings is 1. The molecule has 0 radical (unpaired) electrons. The number of benzene rings is 2. The highest BCUT2D eigenvalue weighted by Crippen LogP contribution is 2.29. The summed E-state index contributed by atoms with van der Waals surface area (Å²) in [5.41, 5.74) is 0.832. The van der Waals surface area contributed by atoms with Crippen molar-refractivity contribution in [2.45, 2.75) is 81.3 Å². The van der Waals surface area contributed by atoms with Crippen molar-refractivity contribution in [2.75, 3.05) is 6.54 Å². The van der Waals surface area contributed by atoms with Crippen LogP contribution in [-0.2, 0) is 26.6 Å². The van der Waals surface area contributed by atoms with Crippen LogP contribution in [-0.4, -0.2) is 44.1 Å². The van der Waals surface area contributed by atoms with E-state index in [0.717, 1.165) is 31.2 Å². The first-order valence-corrected chi connectivity index (χ1v) is 14.7. The average Bonchev–Trinajstić information content (AvgIpc) is 2.83. The Morgan fingerprint density at radius 1 is 0.970 bits per heavy atom. The van der Waals surface area contributed by atoms with Gasteiger partial charge in [-0.2, -0.15) is 8.61 Å². The second-order valence-electron chi connectivity index (χ2n) is 8.58. The molecule has 1 aliphatic rings. The quantitative estimate of drug-likeness (QED) is 0.458. The molecule has 1 heterocycles. The lowest BCUT2D eigenvalue weighted by molar-refractivity contribution is 0.246. The van der Waals surface area contributed by atoms with E-state index in [1.807, 2.05) is 32.9 Å². The van der Waals surface area contributed by atoms with Gasteiger partial charge in [-0.3, -0.25) is 0 Å². The Morgan fingerprint density at radius 3 is 2.15 bits per heavy atom. The largest absolute Gasteiger partial charge is 0.243 e. The van der Waals surface area contributed by atoms with Crippen molar-refractivity contribution in [2.24, 2.45) is 0 Å². The summed E-state index contributed by atoms with van der Waals surface area (Å²) >= 11 is 5.97. The Hall–Kier alpha value is -1.45. The van der Waals surface area contributed by atoms with E-state index in [2.05, 4.69) is 0 Å². The first kappa shape index (κ1) is 26.2. The van der Waals surface area contributed by atoms with Crippen LogP contribution in [0.15, 0.2) is 58.3 Å². The van der Waals surface area contributed by atoms with Gasteiger partial charge in [0.15, 0.2) is 0 Å². The van der Waals surface area contributed by atoms with E-state index in [1.54, 1.807) is 16.4 Å². The molecule has 0 aromatic heterocycles. The molecule has 2 atom stereocenters. The molecule has 0 amide bonds. The minimum Gasteiger partial charge on any atom is -0.207 e. The molecule has 0 bridgehead atoms. The molecule has 1 saturated heterocycles. The van der Waals surface area contributed by atoms with Crippen LogP contribution in [0, 0.1) is 0 Å². The summed E-state index contributed by atoms with van der Waals surface area (Å²) in [6.45, 7) is 6.52. The van der Waals surface area contributed by atoms with Crippen molar-refractivity contribution in [1.29, 1.82) is 0 Å². The zero-order chi connectivity index (χ0) is 24.2. The van der Waals surface area contributed by atoms with Crippen LogP contribution in [0.3, 0.4) is 0 Å². The Bertz CT molecular complexity index is 1130. The van der Waals surface area contributed by atoms with Gasteiger partial charge in [-0.05, 0) is 74.6 Å². The van der Waals surface area contributed by atoms with Gasteiger partial charge in [0.05, 0.1) is 9.79 Å². The number of rotatable bonds is 9.